The number of ether oxygens (including phenoxy) is 1. The van der Waals surface area contributed by atoms with Crippen molar-refractivity contribution < 1.29 is 14.3 Å². The minimum atomic E-state index is -0.567. The van der Waals surface area contributed by atoms with Gasteiger partial charge in [-0.25, -0.2) is 14.8 Å². The van der Waals surface area contributed by atoms with Crippen molar-refractivity contribution in [3.05, 3.63) is 18.0 Å². The van der Waals surface area contributed by atoms with E-state index in [2.05, 4.69) is 20.0 Å². The fraction of sp³-hybridized carbons (Fsp3) is 0.400. The molecule has 1 aromatic rings. The third-order valence-electron chi connectivity index (χ3n) is 1.81. The van der Waals surface area contributed by atoms with Crippen LogP contribution in [0, 0.1) is 5.92 Å². The number of carbonyl (C=O) groups is 2. The van der Waals surface area contributed by atoms with Gasteiger partial charge in [-0.3, -0.25) is 10.1 Å². The summed E-state index contributed by atoms with van der Waals surface area (Å²) in [4.78, 5) is 30.2. The van der Waals surface area contributed by atoms with E-state index in [1.165, 1.54) is 19.4 Å². The molecule has 1 N–H and O–H groups in total. The predicted octanol–water partition coefficient (Wildman–Crippen LogP) is 0.858. The molecule has 1 rings (SSSR count). The molecule has 0 aliphatic heterocycles. The lowest BCUT2D eigenvalue weighted by atomic mass is 10.2. The highest BCUT2D eigenvalue weighted by Gasteiger charge is 2.12. The van der Waals surface area contributed by atoms with E-state index in [4.69, 9.17) is 0 Å². The van der Waals surface area contributed by atoms with E-state index in [0.717, 1.165) is 0 Å². The Hall–Kier alpha value is -1.98. The molecule has 0 bridgehead atoms. The Balaban J connectivity index is 2.83. The molecule has 0 unspecified atom stereocenters. The largest absolute Gasteiger partial charge is 0.464 e. The van der Waals surface area contributed by atoms with Gasteiger partial charge in [-0.05, 0) is 6.07 Å². The summed E-state index contributed by atoms with van der Waals surface area (Å²) in [7, 11) is 1.26. The number of hydrogen-bond donors (Lipinski definition) is 1. The Morgan fingerprint density at radius 1 is 1.44 bits per heavy atom. The number of rotatable bonds is 3. The van der Waals surface area contributed by atoms with E-state index in [0.29, 0.717) is 0 Å². The first-order chi connectivity index (χ1) is 7.54. The lowest BCUT2D eigenvalue weighted by Gasteiger charge is -2.06. The Bertz CT molecular complexity index is 404. The average Bonchev–Trinajstić information content (AvgIpc) is 2.28. The Kier molecular flexibility index (Phi) is 3.93. The number of carbonyl (C=O) groups excluding carboxylic acids is 2. The highest BCUT2D eigenvalue weighted by Crippen LogP contribution is 2.04. The lowest BCUT2D eigenvalue weighted by molar-refractivity contribution is -0.118. The molecule has 0 saturated carbocycles. The number of amides is 1. The number of esters is 1. The van der Waals surface area contributed by atoms with Crippen molar-refractivity contribution in [2.75, 3.05) is 12.4 Å². The molecule has 1 heterocycles. The van der Waals surface area contributed by atoms with Gasteiger partial charge < -0.3 is 4.74 Å². The average molecular weight is 223 g/mol. The number of methoxy groups -OCH3 is 1. The van der Waals surface area contributed by atoms with E-state index in [1.54, 1.807) is 13.8 Å². The first-order valence-electron chi connectivity index (χ1n) is 4.77. The molecule has 0 aliphatic carbocycles. The fourth-order valence-corrected chi connectivity index (χ4v) is 0.892. The van der Waals surface area contributed by atoms with E-state index >= 15 is 0 Å². The van der Waals surface area contributed by atoms with Gasteiger partial charge in [0, 0.05) is 12.1 Å². The van der Waals surface area contributed by atoms with Gasteiger partial charge in [0.15, 0.2) is 5.69 Å². The molecule has 0 atom stereocenters. The zero-order valence-electron chi connectivity index (χ0n) is 9.35. The van der Waals surface area contributed by atoms with Gasteiger partial charge >= 0.3 is 5.97 Å². The van der Waals surface area contributed by atoms with Crippen molar-refractivity contribution in [1.29, 1.82) is 0 Å². The van der Waals surface area contributed by atoms with Crippen LogP contribution in [0.3, 0.4) is 0 Å². The minimum absolute atomic E-state index is 0.0987. The summed E-state index contributed by atoms with van der Waals surface area (Å²) < 4.78 is 4.50. The van der Waals surface area contributed by atoms with Crippen LogP contribution < -0.4 is 5.32 Å². The molecular formula is C10H13N3O3. The summed E-state index contributed by atoms with van der Waals surface area (Å²) in [6.45, 7) is 3.50. The molecule has 0 aromatic carbocycles. The second-order valence-corrected chi connectivity index (χ2v) is 3.40. The van der Waals surface area contributed by atoms with Gasteiger partial charge in [0.2, 0.25) is 11.9 Å². The van der Waals surface area contributed by atoms with Crippen molar-refractivity contribution in [2.24, 2.45) is 5.92 Å². The molecule has 1 amide bonds. The summed E-state index contributed by atoms with van der Waals surface area (Å²) in [6, 6.07) is 1.41. The Labute approximate surface area is 93.0 Å². The summed E-state index contributed by atoms with van der Waals surface area (Å²) >= 11 is 0. The third-order valence-corrected chi connectivity index (χ3v) is 1.81. The van der Waals surface area contributed by atoms with E-state index in [-0.39, 0.29) is 23.5 Å². The van der Waals surface area contributed by atoms with Crippen molar-refractivity contribution in [1.82, 2.24) is 9.97 Å². The van der Waals surface area contributed by atoms with Crippen LogP contribution in [0.25, 0.3) is 0 Å². The lowest BCUT2D eigenvalue weighted by Crippen LogP contribution is -2.20. The summed E-state index contributed by atoms with van der Waals surface area (Å²) in [6.07, 6.45) is 1.38. The van der Waals surface area contributed by atoms with Crippen LogP contribution >= 0.6 is 0 Å². The number of nitrogens with one attached hydrogen (secondary N) is 1. The molecule has 86 valence electrons. The SMILES string of the molecule is COC(=O)c1ccnc(NC(=O)C(C)C)n1. The molecule has 0 aliphatic rings. The number of hydrogen-bond acceptors (Lipinski definition) is 5. The Morgan fingerprint density at radius 2 is 2.12 bits per heavy atom. The fourth-order valence-electron chi connectivity index (χ4n) is 0.892. The normalized spacial score (nSPS) is 10.0. The number of nitrogens with zero attached hydrogens (tertiary/aromatic N) is 2. The predicted molar refractivity (Wildman–Crippen MR) is 56.8 cm³/mol. The molecule has 0 spiro atoms. The van der Waals surface area contributed by atoms with E-state index < -0.39 is 5.97 Å². The molecule has 6 nitrogen and oxygen atoms in total. The van der Waals surface area contributed by atoms with Gasteiger partial charge in [0.1, 0.15) is 0 Å². The molecule has 0 fully saturated rings. The van der Waals surface area contributed by atoms with Crippen LogP contribution in [0.1, 0.15) is 24.3 Å². The topological polar surface area (TPSA) is 81.2 Å². The van der Waals surface area contributed by atoms with Crippen LogP contribution in [0.15, 0.2) is 12.3 Å². The molecule has 0 saturated heterocycles. The first-order valence-corrected chi connectivity index (χ1v) is 4.77. The zero-order valence-corrected chi connectivity index (χ0v) is 9.35. The van der Waals surface area contributed by atoms with E-state index in [9.17, 15) is 9.59 Å². The van der Waals surface area contributed by atoms with Crippen LogP contribution in [0.5, 0.6) is 0 Å². The number of anilines is 1. The van der Waals surface area contributed by atoms with Gasteiger partial charge in [-0.15, -0.1) is 0 Å². The van der Waals surface area contributed by atoms with Crippen LogP contribution in [-0.2, 0) is 9.53 Å². The van der Waals surface area contributed by atoms with Gasteiger partial charge in [-0.2, -0.15) is 0 Å². The van der Waals surface area contributed by atoms with Crippen LogP contribution in [0.4, 0.5) is 5.95 Å². The second kappa shape index (κ2) is 5.20. The zero-order chi connectivity index (χ0) is 12.1. The maximum atomic E-state index is 11.4. The maximum Gasteiger partial charge on any atom is 0.356 e. The maximum absolute atomic E-state index is 11.4. The monoisotopic (exact) mass is 223 g/mol. The Morgan fingerprint density at radius 3 is 2.69 bits per heavy atom. The first kappa shape index (κ1) is 12.1. The number of aromatic nitrogens is 2. The van der Waals surface area contributed by atoms with Crippen molar-refractivity contribution >= 4 is 17.8 Å². The highest BCUT2D eigenvalue weighted by molar-refractivity contribution is 5.91. The van der Waals surface area contributed by atoms with Gasteiger partial charge in [0.25, 0.3) is 0 Å². The molecular weight excluding hydrogens is 210 g/mol. The molecule has 1 aromatic heterocycles. The minimum Gasteiger partial charge on any atom is -0.464 e. The van der Waals surface area contributed by atoms with Crippen LogP contribution in [0.2, 0.25) is 0 Å². The van der Waals surface area contributed by atoms with Gasteiger partial charge in [0.05, 0.1) is 7.11 Å². The molecule has 6 heteroatoms. The van der Waals surface area contributed by atoms with Crippen molar-refractivity contribution in [3.63, 3.8) is 0 Å². The smallest absolute Gasteiger partial charge is 0.356 e. The molecule has 0 radical (unpaired) electrons. The standard InChI is InChI=1S/C10H13N3O3/c1-6(2)8(14)13-10-11-5-4-7(12-10)9(15)16-3/h4-6H,1-3H3,(H,11,12,13,14). The summed E-state index contributed by atoms with van der Waals surface area (Å²) in [5, 5.41) is 2.49. The van der Waals surface area contributed by atoms with Crippen molar-refractivity contribution in [2.45, 2.75) is 13.8 Å². The summed E-state index contributed by atoms with van der Waals surface area (Å²) in [5.74, 6) is -0.851. The second-order valence-electron chi connectivity index (χ2n) is 3.40. The van der Waals surface area contributed by atoms with Crippen LogP contribution in [-0.4, -0.2) is 29.0 Å². The molecule has 16 heavy (non-hydrogen) atoms. The quantitative estimate of drug-likeness (QED) is 0.768. The third kappa shape index (κ3) is 3.01. The van der Waals surface area contributed by atoms with E-state index in [1.807, 2.05) is 0 Å². The van der Waals surface area contributed by atoms with Gasteiger partial charge in [-0.1, -0.05) is 13.8 Å². The highest BCUT2D eigenvalue weighted by atomic mass is 16.5. The van der Waals surface area contributed by atoms with Crippen molar-refractivity contribution in [3.8, 4) is 0 Å². The summed E-state index contributed by atoms with van der Waals surface area (Å²) in [5.41, 5.74) is 0.108.